The van der Waals surface area contributed by atoms with Crippen molar-refractivity contribution in [2.75, 3.05) is 0 Å². The maximum absolute atomic E-state index is 5.82. The van der Waals surface area contributed by atoms with Crippen LogP contribution in [0.4, 0.5) is 0 Å². The molecule has 0 N–H and O–H groups in total. The molecule has 2 heterocycles. The monoisotopic (exact) mass is 844 g/mol. The SMILES string of the molecule is C[Si](C)=[Zr]([Cl])[Cl].Cc1ccc(-c2c(C)c(C)cc3[cH-]c(-c4ccc(C)o4)cc23)cc1.Cc1ccc(-c2c(C)c(C)cc3[cH-]c(-c4ccc(C)o4)cc23)cc1. The number of hydrogen-bond donors (Lipinski definition) is 0. The molecule has 0 unspecified atom stereocenters. The summed E-state index contributed by atoms with van der Waals surface area (Å²) in [6, 6.07) is 39.3. The number of furan rings is 2. The zero-order chi connectivity index (χ0) is 38.8. The molecule has 0 aliphatic rings. The third kappa shape index (κ3) is 8.90. The van der Waals surface area contributed by atoms with Crippen molar-refractivity contribution in [2.45, 2.75) is 68.5 Å². The van der Waals surface area contributed by atoms with E-state index in [1.54, 1.807) is 0 Å². The van der Waals surface area contributed by atoms with E-state index in [0.717, 1.165) is 34.2 Å². The van der Waals surface area contributed by atoms with Gasteiger partial charge in [-0.05, 0) is 102 Å². The van der Waals surface area contributed by atoms with Crippen LogP contribution in [0.25, 0.3) is 66.4 Å². The Bertz CT molecular complexity index is 2420. The molecule has 0 amide bonds. The summed E-state index contributed by atoms with van der Waals surface area (Å²) in [7, 11) is 11.2. The summed E-state index contributed by atoms with van der Waals surface area (Å²) in [5.41, 5.74) is 15.2. The third-order valence-corrected chi connectivity index (χ3v) is 29.9. The fourth-order valence-corrected chi connectivity index (χ4v) is 6.85. The molecule has 8 aromatic rings. The molecule has 8 rings (SSSR count). The van der Waals surface area contributed by atoms with E-state index in [2.05, 4.69) is 152 Å². The van der Waals surface area contributed by atoms with E-state index in [9.17, 15) is 0 Å². The molecule has 6 heteroatoms. The minimum absolute atomic E-state index is 0.224. The zero-order valence-corrected chi connectivity index (χ0v) is 37.9. The third-order valence-electron chi connectivity index (χ3n) is 10.2. The van der Waals surface area contributed by atoms with Crippen molar-refractivity contribution < 1.29 is 26.8 Å². The van der Waals surface area contributed by atoms with Crippen LogP contribution in [0.3, 0.4) is 0 Å². The van der Waals surface area contributed by atoms with E-state index in [0.29, 0.717) is 0 Å². The predicted molar refractivity (Wildman–Crippen MR) is 232 cm³/mol. The minimum atomic E-state index is -1.65. The second-order valence-electron chi connectivity index (χ2n) is 14.7. The van der Waals surface area contributed by atoms with Gasteiger partial charge in [0, 0.05) is 0 Å². The summed E-state index contributed by atoms with van der Waals surface area (Å²) in [5, 5.41) is 5.15. The summed E-state index contributed by atoms with van der Waals surface area (Å²) < 4.78 is 11.6. The van der Waals surface area contributed by atoms with Gasteiger partial charge in [0.2, 0.25) is 0 Å². The molecule has 276 valence electrons. The van der Waals surface area contributed by atoms with Crippen LogP contribution in [0.15, 0.2) is 118 Å². The molecule has 2 aromatic heterocycles. The van der Waals surface area contributed by atoms with Gasteiger partial charge in [0.1, 0.15) is 0 Å². The van der Waals surface area contributed by atoms with Crippen molar-refractivity contribution in [3.63, 3.8) is 0 Å². The number of hydrogen-bond acceptors (Lipinski definition) is 2. The Morgan fingerprint density at radius 3 is 1.15 bits per heavy atom. The molecule has 0 spiro atoms. The number of halogens is 2. The summed E-state index contributed by atoms with van der Waals surface area (Å²) in [4.78, 5) is 0. The number of benzene rings is 4. The maximum atomic E-state index is 5.82. The van der Waals surface area contributed by atoms with E-state index >= 15 is 0 Å². The Morgan fingerprint density at radius 2 is 0.852 bits per heavy atom. The van der Waals surface area contributed by atoms with Gasteiger partial charge in [-0.1, -0.05) is 93.0 Å². The summed E-state index contributed by atoms with van der Waals surface area (Å²) >= 11 is -1.65. The van der Waals surface area contributed by atoms with Gasteiger partial charge in [0.05, 0.1) is 23.0 Å². The van der Waals surface area contributed by atoms with Gasteiger partial charge in [-0.3, -0.25) is 0 Å². The van der Waals surface area contributed by atoms with E-state index in [-0.39, 0.29) is 5.43 Å². The number of fused-ring (bicyclic) bond motifs is 2. The van der Waals surface area contributed by atoms with Crippen LogP contribution in [-0.4, -0.2) is 5.43 Å². The van der Waals surface area contributed by atoms with Crippen LogP contribution in [-0.2, 0) is 18.0 Å². The molecule has 0 fully saturated rings. The van der Waals surface area contributed by atoms with Crippen LogP contribution in [0.2, 0.25) is 13.1 Å². The van der Waals surface area contributed by atoms with Crippen molar-refractivity contribution in [1.82, 2.24) is 0 Å². The average Bonchev–Trinajstić information content (AvgIpc) is 3.95. The first kappa shape index (κ1) is 40.0. The smallest absolute Gasteiger partial charge is 0.0896 e. The van der Waals surface area contributed by atoms with Gasteiger partial charge in [0.25, 0.3) is 0 Å². The largest absolute Gasteiger partial charge is 0.496 e. The van der Waals surface area contributed by atoms with E-state index in [4.69, 9.17) is 25.9 Å². The first-order valence-corrected chi connectivity index (χ1v) is 30.9. The first-order chi connectivity index (χ1) is 25.7. The Labute approximate surface area is 335 Å². The fourth-order valence-electron chi connectivity index (χ4n) is 6.85. The molecule has 0 atom stereocenters. The number of aryl methyl sites for hydroxylation is 6. The second kappa shape index (κ2) is 17.0. The van der Waals surface area contributed by atoms with E-state index < -0.39 is 18.0 Å². The van der Waals surface area contributed by atoms with Crippen molar-refractivity contribution in [3.8, 4) is 44.9 Å². The number of rotatable bonds is 4. The van der Waals surface area contributed by atoms with Gasteiger partial charge in [0.15, 0.2) is 0 Å². The molecule has 2 nitrogen and oxygen atoms in total. The first-order valence-electron chi connectivity index (χ1n) is 18.4. The molecule has 0 saturated carbocycles. The van der Waals surface area contributed by atoms with Gasteiger partial charge < -0.3 is 8.83 Å². The summed E-state index contributed by atoms with van der Waals surface area (Å²) in [6.45, 7) is 21.4. The predicted octanol–water partition coefficient (Wildman–Crippen LogP) is 15.6. The second-order valence-corrected chi connectivity index (χ2v) is 37.7. The Kier molecular flexibility index (Phi) is 12.6. The van der Waals surface area contributed by atoms with E-state index in [1.807, 2.05) is 26.0 Å². The van der Waals surface area contributed by atoms with Crippen molar-refractivity contribution >= 4 is 44.0 Å². The molecule has 0 bridgehead atoms. The van der Waals surface area contributed by atoms with Crippen LogP contribution in [0, 0.1) is 55.4 Å². The molecule has 0 aliphatic carbocycles. The molecule has 0 aliphatic heterocycles. The Balaban J connectivity index is 0.000000160. The Hall–Kier alpha value is -3.66. The van der Waals surface area contributed by atoms with Crippen molar-refractivity contribution in [1.29, 1.82) is 0 Å². The zero-order valence-electron chi connectivity index (χ0n) is 33.0. The van der Waals surface area contributed by atoms with Gasteiger partial charge >= 0.3 is 53.5 Å². The normalized spacial score (nSPS) is 11.0. The van der Waals surface area contributed by atoms with Crippen molar-refractivity contribution in [2.24, 2.45) is 0 Å². The molecular weight excluding hydrogens is 799 g/mol. The van der Waals surface area contributed by atoms with Gasteiger partial charge in [-0.15, -0.1) is 57.9 Å². The topological polar surface area (TPSA) is 26.3 Å². The average molecular weight is 847 g/mol. The molecule has 6 aromatic carbocycles. The maximum Gasteiger partial charge on any atom is 0.0896 e. The summed E-state index contributed by atoms with van der Waals surface area (Å²) in [6.07, 6.45) is 0. The quantitative estimate of drug-likeness (QED) is 0.130. The molecule has 0 saturated heterocycles. The van der Waals surface area contributed by atoms with E-state index in [1.165, 1.54) is 77.2 Å². The molecule has 0 radical (unpaired) electrons. The Morgan fingerprint density at radius 1 is 0.500 bits per heavy atom. The fraction of sp³-hybridized carbons (Fsp3) is 0.208. The van der Waals surface area contributed by atoms with Crippen LogP contribution < -0.4 is 0 Å². The van der Waals surface area contributed by atoms with Crippen LogP contribution in [0.1, 0.15) is 44.9 Å². The minimum Gasteiger partial charge on any atom is -0.496 e. The summed E-state index contributed by atoms with van der Waals surface area (Å²) in [5.74, 6) is 3.77. The van der Waals surface area contributed by atoms with Gasteiger partial charge in [-0.2, -0.15) is 0 Å². The molecule has 54 heavy (non-hydrogen) atoms. The van der Waals surface area contributed by atoms with Gasteiger partial charge in [-0.25, -0.2) is 0 Å². The van der Waals surface area contributed by atoms with Crippen molar-refractivity contribution in [3.05, 3.63) is 154 Å². The van der Waals surface area contributed by atoms with Crippen LogP contribution >= 0.6 is 17.0 Å². The molecular formula is C48H48Cl2O2SiZr-2. The van der Waals surface area contributed by atoms with Crippen LogP contribution in [0.5, 0.6) is 0 Å². The standard InChI is InChI=1S/2C23H21O.C2H6Si.2ClH.Zr/c2*1-14-5-8-18(9-6-14)23-17(4)15(2)11-19-12-20(13-21(19)23)22-10-7-16(3)24-22;1-3-2;;;/h2*5-13H,1-4H3;1-2H3;2*1H;/q2*-1;;;;+2/p-2.